The lowest BCUT2D eigenvalue weighted by atomic mass is 9.98. The fourth-order valence-electron chi connectivity index (χ4n) is 2.59. The zero-order chi connectivity index (χ0) is 13.6. The van der Waals surface area contributed by atoms with Crippen LogP contribution in [-0.4, -0.2) is 23.9 Å². The molecule has 0 aliphatic heterocycles. The van der Waals surface area contributed by atoms with Gasteiger partial charge < -0.3 is 15.2 Å². The largest absolute Gasteiger partial charge is 0.490 e. The van der Waals surface area contributed by atoms with Crippen LogP contribution >= 0.6 is 0 Å². The van der Waals surface area contributed by atoms with Crippen LogP contribution in [0.3, 0.4) is 0 Å². The summed E-state index contributed by atoms with van der Waals surface area (Å²) in [4.78, 5) is 0. The van der Waals surface area contributed by atoms with Crippen molar-refractivity contribution in [3.63, 3.8) is 0 Å². The third-order valence-electron chi connectivity index (χ3n) is 3.82. The standard InChI is InChI=1S/C16H23NO2/c1-2-11-19-15-7-5-14(6-8-15)12-17-16(13-18)9-3-4-10-16/h2,5-8,17-18H,1,3-4,9-13H2. The summed E-state index contributed by atoms with van der Waals surface area (Å²) in [6, 6.07) is 8.07. The molecule has 3 nitrogen and oxygen atoms in total. The molecule has 0 bridgehead atoms. The van der Waals surface area contributed by atoms with Crippen molar-refractivity contribution in [1.82, 2.24) is 5.32 Å². The van der Waals surface area contributed by atoms with Crippen molar-refractivity contribution in [1.29, 1.82) is 0 Å². The lowest BCUT2D eigenvalue weighted by Gasteiger charge is -2.28. The highest BCUT2D eigenvalue weighted by Gasteiger charge is 2.32. The molecule has 0 spiro atoms. The van der Waals surface area contributed by atoms with Crippen molar-refractivity contribution >= 4 is 0 Å². The average Bonchev–Trinajstić information content (AvgIpc) is 2.93. The first-order valence-corrected chi connectivity index (χ1v) is 6.96. The highest BCUT2D eigenvalue weighted by atomic mass is 16.5. The first-order chi connectivity index (χ1) is 9.28. The normalized spacial score (nSPS) is 17.3. The smallest absolute Gasteiger partial charge is 0.119 e. The molecule has 19 heavy (non-hydrogen) atoms. The molecule has 0 atom stereocenters. The SMILES string of the molecule is C=CCOc1ccc(CNC2(CO)CCCC2)cc1. The second kappa shape index (κ2) is 6.73. The molecular formula is C16H23NO2. The Balaban J connectivity index is 1.87. The summed E-state index contributed by atoms with van der Waals surface area (Å²) < 4.78 is 5.45. The van der Waals surface area contributed by atoms with Crippen molar-refractivity contribution in [3.05, 3.63) is 42.5 Å². The van der Waals surface area contributed by atoms with Gasteiger partial charge in [-0.3, -0.25) is 0 Å². The summed E-state index contributed by atoms with van der Waals surface area (Å²) in [6.07, 6.45) is 6.30. The third-order valence-corrected chi connectivity index (χ3v) is 3.82. The zero-order valence-electron chi connectivity index (χ0n) is 11.4. The molecule has 0 amide bonds. The fourth-order valence-corrected chi connectivity index (χ4v) is 2.59. The second-order valence-electron chi connectivity index (χ2n) is 5.24. The molecule has 2 rings (SSSR count). The molecule has 1 fully saturated rings. The van der Waals surface area contributed by atoms with E-state index in [0.717, 1.165) is 25.1 Å². The minimum absolute atomic E-state index is 0.0575. The second-order valence-corrected chi connectivity index (χ2v) is 5.24. The maximum Gasteiger partial charge on any atom is 0.119 e. The molecule has 0 saturated heterocycles. The molecular weight excluding hydrogens is 238 g/mol. The van der Waals surface area contributed by atoms with Gasteiger partial charge in [-0.2, -0.15) is 0 Å². The number of aliphatic hydroxyl groups excluding tert-OH is 1. The fraction of sp³-hybridized carbons (Fsp3) is 0.500. The summed E-state index contributed by atoms with van der Waals surface area (Å²) in [5.74, 6) is 0.862. The van der Waals surface area contributed by atoms with Crippen LogP contribution < -0.4 is 10.1 Å². The van der Waals surface area contributed by atoms with Gasteiger partial charge in [0.05, 0.1) is 6.61 Å². The predicted octanol–water partition coefficient (Wildman–Crippen LogP) is 2.65. The van der Waals surface area contributed by atoms with Gasteiger partial charge in [-0.05, 0) is 30.5 Å². The van der Waals surface area contributed by atoms with Crippen LogP contribution in [0.1, 0.15) is 31.2 Å². The number of rotatable bonds is 7. The molecule has 1 aromatic carbocycles. The highest BCUT2D eigenvalue weighted by molar-refractivity contribution is 5.27. The van der Waals surface area contributed by atoms with Crippen molar-refractivity contribution < 1.29 is 9.84 Å². The topological polar surface area (TPSA) is 41.5 Å². The molecule has 104 valence electrons. The summed E-state index contributed by atoms with van der Waals surface area (Å²) >= 11 is 0. The Labute approximate surface area is 115 Å². The third kappa shape index (κ3) is 3.82. The van der Waals surface area contributed by atoms with E-state index in [1.54, 1.807) is 6.08 Å². The number of aliphatic hydroxyl groups is 1. The molecule has 0 aromatic heterocycles. The van der Waals surface area contributed by atoms with Gasteiger partial charge in [0.1, 0.15) is 12.4 Å². The van der Waals surface area contributed by atoms with Crippen LogP contribution in [0, 0.1) is 0 Å². The zero-order valence-corrected chi connectivity index (χ0v) is 11.4. The van der Waals surface area contributed by atoms with Crippen molar-refractivity contribution in [2.24, 2.45) is 0 Å². The van der Waals surface area contributed by atoms with E-state index in [1.807, 2.05) is 12.1 Å². The lowest BCUT2D eigenvalue weighted by Crippen LogP contribution is -2.45. The Bertz CT molecular complexity index is 394. The maximum atomic E-state index is 9.54. The van der Waals surface area contributed by atoms with Crippen LogP contribution in [0.25, 0.3) is 0 Å². The van der Waals surface area contributed by atoms with Gasteiger partial charge >= 0.3 is 0 Å². The highest BCUT2D eigenvalue weighted by Crippen LogP contribution is 2.29. The van der Waals surface area contributed by atoms with Crippen LogP contribution in [0.2, 0.25) is 0 Å². The Kier molecular flexibility index (Phi) is 5.00. The van der Waals surface area contributed by atoms with E-state index >= 15 is 0 Å². The number of ether oxygens (including phenoxy) is 1. The Morgan fingerprint density at radius 1 is 1.26 bits per heavy atom. The molecule has 0 unspecified atom stereocenters. The van der Waals surface area contributed by atoms with Crippen LogP contribution in [-0.2, 0) is 6.54 Å². The summed E-state index contributed by atoms with van der Waals surface area (Å²) in [7, 11) is 0. The quantitative estimate of drug-likeness (QED) is 0.741. The Morgan fingerprint density at radius 2 is 1.95 bits per heavy atom. The molecule has 0 radical (unpaired) electrons. The van der Waals surface area contributed by atoms with E-state index < -0.39 is 0 Å². The van der Waals surface area contributed by atoms with Gasteiger partial charge in [-0.25, -0.2) is 0 Å². The number of hydrogen-bond acceptors (Lipinski definition) is 3. The molecule has 1 saturated carbocycles. The van der Waals surface area contributed by atoms with Crippen molar-refractivity contribution in [3.8, 4) is 5.75 Å². The molecule has 0 heterocycles. The van der Waals surface area contributed by atoms with Crippen LogP contribution in [0.5, 0.6) is 5.75 Å². The lowest BCUT2D eigenvalue weighted by molar-refractivity contribution is 0.163. The average molecular weight is 261 g/mol. The van der Waals surface area contributed by atoms with Gasteiger partial charge in [0, 0.05) is 12.1 Å². The van der Waals surface area contributed by atoms with Gasteiger partial charge in [-0.1, -0.05) is 37.6 Å². The van der Waals surface area contributed by atoms with Gasteiger partial charge in [0.15, 0.2) is 0 Å². The van der Waals surface area contributed by atoms with Gasteiger partial charge in [0.2, 0.25) is 0 Å². The Morgan fingerprint density at radius 3 is 2.53 bits per heavy atom. The van der Waals surface area contributed by atoms with Crippen LogP contribution in [0.15, 0.2) is 36.9 Å². The summed E-state index contributed by atoms with van der Waals surface area (Å²) in [6.45, 7) is 5.18. The van der Waals surface area contributed by atoms with E-state index in [0.29, 0.717) is 6.61 Å². The minimum Gasteiger partial charge on any atom is -0.490 e. The molecule has 3 heteroatoms. The predicted molar refractivity (Wildman–Crippen MR) is 77.3 cm³/mol. The van der Waals surface area contributed by atoms with E-state index in [-0.39, 0.29) is 12.1 Å². The molecule has 2 N–H and O–H groups in total. The number of nitrogens with one attached hydrogen (secondary N) is 1. The van der Waals surface area contributed by atoms with E-state index in [1.165, 1.54) is 18.4 Å². The summed E-state index contributed by atoms with van der Waals surface area (Å²) in [5.41, 5.74) is 1.16. The number of benzene rings is 1. The minimum atomic E-state index is -0.0575. The first-order valence-electron chi connectivity index (χ1n) is 6.96. The molecule has 1 aromatic rings. The Hall–Kier alpha value is -1.32. The first kappa shape index (κ1) is 14.1. The van der Waals surface area contributed by atoms with Gasteiger partial charge in [-0.15, -0.1) is 0 Å². The molecule has 1 aliphatic rings. The van der Waals surface area contributed by atoms with E-state index in [9.17, 15) is 5.11 Å². The van der Waals surface area contributed by atoms with Crippen molar-refractivity contribution in [2.75, 3.05) is 13.2 Å². The van der Waals surface area contributed by atoms with Crippen molar-refractivity contribution in [2.45, 2.75) is 37.8 Å². The molecule has 1 aliphatic carbocycles. The van der Waals surface area contributed by atoms with Crippen LogP contribution in [0.4, 0.5) is 0 Å². The van der Waals surface area contributed by atoms with Gasteiger partial charge in [0.25, 0.3) is 0 Å². The maximum absolute atomic E-state index is 9.54. The monoisotopic (exact) mass is 261 g/mol. The number of hydrogen-bond donors (Lipinski definition) is 2. The summed E-state index contributed by atoms with van der Waals surface area (Å²) in [5, 5.41) is 13.1. The van der Waals surface area contributed by atoms with E-state index in [2.05, 4.69) is 24.0 Å². The van der Waals surface area contributed by atoms with E-state index in [4.69, 9.17) is 4.74 Å².